The van der Waals surface area contributed by atoms with Gasteiger partial charge >= 0.3 is 0 Å². The number of hydrazine groups is 1. The minimum atomic E-state index is -0.244. The maximum absolute atomic E-state index is 13.1. The monoisotopic (exact) mass is 278 g/mol. The number of nitrogens with one attached hydrogen (secondary N) is 1. The number of halogens is 1. The predicted octanol–water partition coefficient (Wildman–Crippen LogP) is 4.99. The summed E-state index contributed by atoms with van der Waals surface area (Å²) in [5.41, 5.74) is 6.15. The van der Waals surface area contributed by atoms with Gasteiger partial charge in [0.1, 0.15) is 5.82 Å². The van der Waals surface area contributed by atoms with Crippen molar-refractivity contribution >= 4 is 17.1 Å². The van der Waals surface area contributed by atoms with E-state index in [0.29, 0.717) is 0 Å². The van der Waals surface area contributed by atoms with Gasteiger partial charge in [-0.3, -0.25) is 10.4 Å². The molecule has 0 aliphatic carbocycles. The first-order valence-electron chi connectivity index (χ1n) is 6.75. The molecule has 0 amide bonds. The van der Waals surface area contributed by atoms with E-state index in [-0.39, 0.29) is 5.82 Å². The van der Waals surface area contributed by atoms with Crippen molar-refractivity contribution in [3.63, 3.8) is 0 Å². The van der Waals surface area contributed by atoms with Crippen molar-refractivity contribution in [1.82, 2.24) is 0 Å². The van der Waals surface area contributed by atoms with Crippen LogP contribution in [-0.4, -0.2) is 0 Å². The van der Waals surface area contributed by atoms with E-state index < -0.39 is 0 Å². The summed E-state index contributed by atoms with van der Waals surface area (Å²) in [5, 5.41) is 1.93. The summed E-state index contributed by atoms with van der Waals surface area (Å²) in [5.74, 6) is -0.244. The van der Waals surface area contributed by atoms with Crippen LogP contribution in [0.5, 0.6) is 0 Å². The van der Waals surface area contributed by atoms with Crippen molar-refractivity contribution < 1.29 is 4.39 Å². The van der Waals surface area contributed by atoms with Gasteiger partial charge in [-0.25, -0.2) is 4.39 Å². The van der Waals surface area contributed by atoms with Crippen LogP contribution in [-0.2, 0) is 0 Å². The number of anilines is 3. The summed E-state index contributed by atoms with van der Waals surface area (Å²) in [7, 11) is 0. The Balaban J connectivity index is 1.97. The smallest absolute Gasteiger partial charge is 0.123 e. The van der Waals surface area contributed by atoms with Crippen molar-refractivity contribution in [2.24, 2.45) is 0 Å². The van der Waals surface area contributed by atoms with Crippen LogP contribution in [0.25, 0.3) is 0 Å². The lowest BCUT2D eigenvalue weighted by Crippen LogP contribution is -2.24. The number of nitrogens with zero attached hydrogens (tertiary/aromatic N) is 1. The summed E-state index contributed by atoms with van der Waals surface area (Å²) in [6.07, 6.45) is 0. The maximum atomic E-state index is 13.1. The molecule has 3 heteroatoms. The van der Waals surface area contributed by atoms with Crippen LogP contribution in [0.3, 0.4) is 0 Å². The molecular formula is C18H15FN2. The zero-order valence-corrected chi connectivity index (χ0v) is 11.4. The van der Waals surface area contributed by atoms with Crippen LogP contribution in [0, 0.1) is 5.82 Å². The van der Waals surface area contributed by atoms with E-state index in [1.807, 2.05) is 65.7 Å². The second-order valence-corrected chi connectivity index (χ2v) is 4.63. The van der Waals surface area contributed by atoms with Crippen molar-refractivity contribution in [1.29, 1.82) is 0 Å². The number of para-hydroxylation sites is 2. The first kappa shape index (κ1) is 13.2. The Morgan fingerprint density at radius 1 is 0.619 bits per heavy atom. The molecule has 0 bridgehead atoms. The van der Waals surface area contributed by atoms with Crippen molar-refractivity contribution in [2.75, 3.05) is 10.4 Å². The van der Waals surface area contributed by atoms with Gasteiger partial charge in [-0.05, 0) is 48.5 Å². The van der Waals surface area contributed by atoms with E-state index in [4.69, 9.17) is 0 Å². The van der Waals surface area contributed by atoms with Crippen molar-refractivity contribution in [3.8, 4) is 0 Å². The summed E-state index contributed by atoms with van der Waals surface area (Å²) >= 11 is 0. The summed E-state index contributed by atoms with van der Waals surface area (Å²) in [6.45, 7) is 0. The maximum Gasteiger partial charge on any atom is 0.123 e. The van der Waals surface area contributed by atoms with Gasteiger partial charge in [-0.2, -0.15) is 0 Å². The highest BCUT2D eigenvalue weighted by Crippen LogP contribution is 2.26. The number of rotatable bonds is 4. The Morgan fingerprint density at radius 2 is 1.14 bits per heavy atom. The molecule has 1 N–H and O–H groups in total. The molecule has 0 saturated heterocycles. The molecule has 0 aromatic heterocycles. The molecule has 0 saturated carbocycles. The number of benzene rings is 3. The van der Waals surface area contributed by atoms with Gasteiger partial charge in [0.2, 0.25) is 0 Å². The average Bonchev–Trinajstić information content (AvgIpc) is 2.55. The van der Waals surface area contributed by atoms with Crippen molar-refractivity contribution in [3.05, 3.63) is 90.7 Å². The lowest BCUT2D eigenvalue weighted by atomic mass is 10.2. The topological polar surface area (TPSA) is 15.3 Å². The largest absolute Gasteiger partial charge is 0.294 e. The SMILES string of the molecule is Fc1ccc(N(Nc2ccccc2)c2ccccc2)cc1. The van der Waals surface area contributed by atoms with Gasteiger partial charge in [0.15, 0.2) is 0 Å². The molecule has 0 fully saturated rings. The normalized spacial score (nSPS) is 10.1. The molecule has 0 aliphatic rings. The molecule has 104 valence electrons. The van der Waals surface area contributed by atoms with Crippen LogP contribution in [0.4, 0.5) is 21.5 Å². The lowest BCUT2D eigenvalue weighted by Gasteiger charge is -2.26. The fraction of sp³-hybridized carbons (Fsp3) is 0. The van der Waals surface area contributed by atoms with Crippen LogP contribution in [0.15, 0.2) is 84.9 Å². The summed E-state index contributed by atoms with van der Waals surface area (Å²) in [6, 6.07) is 26.2. The molecule has 3 rings (SSSR count). The average molecular weight is 278 g/mol. The quantitative estimate of drug-likeness (QED) is 0.676. The Bertz CT molecular complexity index is 681. The molecule has 3 aromatic carbocycles. The van der Waals surface area contributed by atoms with E-state index in [2.05, 4.69) is 5.43 Å². The highest BCUT2D eigenvalue weighted by atomic mass is 19.1. The van der Waals surface area contributed by atoms with E-state index in [9.17, 15) is 4.39 Å². The molecule has 0 spiro atoms. The highest BCUT2D eigenvalue weighted by molar-refractivity contribution is 5.67. The minimum Gasteiger partial charge on any atom is -0.294 e. The zero-order valence-electron chi connectivity index (χ0n) is 11.4. The second kappa shape index (κ2) is 6.09. The zero-order chi connectivity index (χ0) is 14.5. The molecular weight excluding hydrogens is 263 g/mol. The molecule has 3 aromatic rings. The van der Waals surface area contributed by atoms with E-state index in [0.717, 1.165) is 17.1 Å². The van der Waals surface area contributed by atoms with Gasteiger partial charge in [-0.15, -0.1) is 0 Å². The second-order valence-electron chi connectivity index (χ2n) is 4.63. The van der Waals surface area contributed by atoms with Crippen LogP contribution < -0.4 is 10.4 Å². The third kappa shape index (κ3) is 3.20. The van der Waals surface area contributed by atoms with Crippen molar-refractivity contribution in [2.45, 2.75) is 0 Å². The fourth-order valence-corrected chi connectivity index (χ4v) is 2.09. The predicted molar refractivity (Wildman–Crippen MR) is 85.0 cm³/mol. The lowest BCUT2D eigenvalue weighted by molar-refractivity contribution is 0.628. The summed E-state index contributed by atoms with van der Waals surface area (Å²) < 4.78 is 13.1. The molecule has 21 heavy (non-hydrogen) atoms. The van der Waals surface area contributed by atoms with Gasteiger partial charge in [0.05, 0.1) is 17.1 Å². The van der Waals surface area contributed by atoms with Gasteiger partial charge in [0.25, 0.3) is 0 Å². The molecule has 2 nitrogen and oxygen atoms in total. The Labute approximate surface area is 123 Å². The van der Waals surface area contributed by atoms with E-state index >= 15 is 0 Å². The number of hydrogen-bond acceptors (Lipinski definition) is 2. The number of hydrogen-bond donors (Lipinski definition) is 1. The highest BCUT2D eigenvalue weighted by Gasteiger charge is 2.09. The molecule has 0 aliphatic heterocycles. The van der Waals surface area contributed by atoms with E-state index in [1.54, 1.807) is 12.1 Å². The molecule has 0 radical (unpaired) electrons. The molecule has 0 unspecified atom stereocenters. The Kier molecular flexibility index (Phi) is 3.83. The first-order valence-corrected chi connectivity index (χ1v) is 6.75. The van der Waals surface area contributed by atoms with Crippen LogP contribution >= 0.6 is 0 Å². The van der Waals surface area contributed by atoms with E-state index in [1.165, 1.54) is 12.1 Å². The molecule has 0 heterocycles. The third-order valence-corrected chi connectivity index (χ3v) is 3.11. The van der Waals surface area contributed by atoms with Crippen LogP contribution in [0.2, 0.25) is 0 Å². The Hall–Kier alpha value is -2.81. The third-order valence-electron chi connectivity index (χ3n) is 3.11. The Morgan fingerprint density at radius 3 is 1.76 bits per heavy atom. The summed E-state index contributed by atoms with van der Waals surface area (Å²) in [4.78, 5) is 0. The van der Waals surface area contributed by atoms with Gasteiger partial charge in [-0.1, -0.05) is 36.4 Å². The fourth-order valence-electron chi connectivity index (χ4n) is 2.09. The van der Waals surface area contributed by atoms with Crippen LogP contribution in [0.1, 0.15) is 0 Å². The molecule has 0 atom stereocenters. The minimum absolute atomic E-state index is 0.244. The standard InChI is InChI=1S/C18H15FN2/c19-15-11-13-18(14-12-15)21(17-9-5-2-6-10-17)20-16-7-3-1-4-8-16/h1-14,20H. The van der Waals surface area contributed by atoms with Gasteiger partial charge < -0.3 is 0 Å². The van der Waals surface area contributed by atoms with Gasteiger partial charge in [0, 0.05) is 0 Å². The first-order chi connectivity index (χ1) is 10.3.